The second kappa shape index (κ2) is 11.7. The Morgan fingerprint density at radius 1 is 0.462 bits per heavy atom. The molecule has 0 N–H and O–H groups in total. The van der Waals surface area contributed by atoms with Gasteiger partial charge in [0.2, 0.25) is 0 Å². The summed E-state index contributed by atoms with van der Waals surface area (Å²) in [5.41, 5.74) is 9.90. The van der Waals surface area contributed by atoms with Crippen LogP contribution in [0.1, 0.15) is 93.7 Å². The van der Waals surface area contributed by atoms with Crippen molar-refractivity contribution in [1.29, 1.82) is 5.26 Å². The Kier molecular flexibility index (Phi) is 6.96. The molecule has 8 bridgehead atoms. The smallest absolute Gasteiger partial charge is 0.164 e. The Balaban J connectivity index is 1.06. The predicted molar refractivity (Wildman–Crippen MR) is 206 cm³/mol. The molecule has 0 aliphatic heterocycles. The van der Waals surface area contributed by atoms with Crippen LogP contribution in [0.15, 0.2) is 97.1 Å². The molecule has 258 valence electrons. The van der Waals surface area contributed by atoms with E-state index in [1.807, 2.05) is 24.3 Å². The summed E-state index contributed by atoms with van der Waals surface area (Å²) in [5.74, 6) is 7.66. The van der Waals surface area contributed by atoms with Gasteiger partial charge in [-0.05, 0) is 158 Å². The summed E-state index contributed by atoms with van der Waals surface area (Å²) in [4.78, 5) is 15.9. The van der Waals surface area contributed by atoms with Crippen molar-refractivity contribution in [2.24, 2.45) is 35.5 Å². The highest BCUT2D eigenvalue weighted by molar-refractivity contribution is 5.72. The molecule has 0 amide bonds. The van der Waals surface area contributed by atoms with E-state index >= 15 is 0 Å². The van der Waals surface area contributed by atoms with Crippen molar-refractivity contribution in [2.45, 2.75) is 87.9 Å². The molecule has 1 aromatic heterocycles. The molecule has 5 aromatic rings. The van der Waals surface area contributed by atoms with Crippen molar-refractivity contribution < 1.29 is 0 Å². The van der Waals surface area contributed by atoms with Gasteiger partial charge in [0, 0.05) is 16.7 Å². The molecule has 8 fully saturated rings. The van der Waals surface area contributed by atoms with E-state index in [2.05, 4.69) is 78.9 Å². The molecule has 4 heteroatoms. The van der Waals surface area contributed by atoms with Crippen molar-refractivity contribution >= 4 is 0 Å². The SMILES string of the molecule is N#Cc1ccc(-c2ccc(-c3nc(-c4ccccc4)nc(-c4ccc(C56CC7CC(CC(C7)C5)C6)cc4C45CC6CC(CC(C6)C4)C5)n3)cc2)cc1. The fraction of sp³-hybridized carbons (Fsp3) is 0.417. The van der Waals surface area contributed by atoms with E-state index in [4.69, 9.17) is 15.0 Å². The van der Waals surface area contributed by atoms with Crippen LogP contribution in [-0.2, 0) is 10.8 Å². The van der Waals surface area contributed by atoms with Gasteiger partial charge >= 0.3 is 0 Å². The lowest BCUT2D eigenvalue weighted by Gasteiger charge is -2.59. The average molecular weight is 679 g/mol. The Hall–Kier alpha value is -4.62. The molecular formula is C48H46N4. The number of rotatable bonds is 6. The Labute approximate surface area is 307 Å². The lowest BCUT2D eigenvalue weighted by atomic mass is 9.46. The molecule has 8 saturated carbocycles. The van der Waals surface area contributed by atoms with Gasteiger partial charge in [-0.1, -0.05) is 84.9 Å². The van der Waals surface area contributed by atoms with Crippen molar-refractivity contribution in [1.82, 2.24) is 15.0 Å². The molecule has 0 unspecified atom stereocenters. The van der Waals surface area contributed by atoms with Gasteiger partial charge in [0.1, 0.15) is 0 Å². The molecule has 1 heterocycles. The second-order valence-corrected chi connectivity index (χ2v) is 18.1. The van der Waals surface area contributed by atoms with E-state index in [9.17, 15) is 5.26 Å². The summed E-state index contributed by atoms with van der Waals surface area (Å²) in [6.45, 7) is 0. The van der Waals surface area contributed by atoms with Crippen molar-refractivity contribution in [3.63, 3.8) is 0 Å². The largest absolute Gasteiger partial charge is 0.208 e. The zero-order valence-corrected chi connectivity index (χ0v) is 30.0. The normalized spacial score (nSPS) is 32.2. The quantitative estimate of drug-likeness (QED) is 0.179. The third kappa shape index (κ3) is 5.10. The standard InChI is InChI=1S/C48H46N4/c49-29-30-6-8-37(9-7-30)38-10-12-40(13-11-38)45-50-44(39-4-2-1-3-5-39)51-46(52-45)42-15-14-41(47-23-31-16-32(24-47)18-33(17-31)25-47)22-43(42)48-26-34-19-35(27-48)21-36(20-34)28-48/h1-15,22,31-36H,16-21,23-28H2. The maximum Gasteiger partial charge on any atom is 0.164 e. The number of nitrogens with zero attached hydrogens (tertiary/aromatic N) is 4. The molecule has 52 heavy (non-hydrogen) atoms. The zero-order valence-electron chi connectivity index (χ0n) is 30.0. The first kappa shape index (κ1) is 31.0. The minimum atomic E-state index is 0.227. The van der Waals surface area contributed by atoms with E-state index in [1.54, 1.807) is 11.1 Å². The van der Waals surface area contributed by atoms with Crippen molar-refractivity contribution in [3.05, 3.63) is 114 Å². The monoisotopic (exact) mass is 678 g/mol. The summed E-state index contributed by atoms with van der Waals surface area (Å²) in [6, 6.07) is 36.7. The summed E-state index contributed by atoms with van der Waals surface area (Å²) in [5, 5.41) is 9.27. The number of aromatic nitrogens is 3. The third-order valence-electron chi connectivity index (χ3n) is 14.7. The highest BCUT2D eigenvalue weighted by atomic mass is 15.0. The van der Waals surface area contributed by atoms with Crippen LogP contribution < -0.4 is 0 Å². The number of hydrogen-bond donors (Lipinski definition) is 0. The van der Waals surface area contributed by atoms with E-state index in [-0.39, 0.29) is 5.41 Å². The van der Waals surface area contributed by atoms with Gasteiger partial charge in [0.25, 0.3) is 0 Å². The third-order valence-corrected chi connectivity index (χ3v) is 14.7. The molecule has 8 aliphatic carbocycles. The van der Waals surface area contributed by atoms with Gasteiger partial charge in [-0.3, -0.25) is 0 Å². The minimum absolute atomic E-state index is 0.227. The highest BCUT2D eigenvalue weighted by Gasteiger charge is 2.54. The van der Waals surface area contributed by atoms with Crippen LogP contribution >= 0.6 is 0 Å². The Bertz CT molecular complexity index is 2140. The van der Waals surface area contributed by atoms with Gasteiger partial charge in [-0.2, -0.15) is 5.26 Å². The number of hydrogen-bond acceptors (Lipinski definition) is 4. The first-order valence-corrected chi connectivity index (χ1v) is 20.1. The molecule has 4 aromatic carbocycles. The molecule has 8 aliphatic rings. The van der Waals surface area contributed by atoms with Gasteiger partial charge in [-0.15, -0.1) is 0 Å². The Morgan fingerprint density at radius 3 is 1.42 bits per heavy atom. The number of nitriles is 1. The lowest BCUT2D eigenvalue weighted by Crippen LogP contribution is -2.50. The molecule has 0 spiro atoms. The van der Waals surface area contributed by atoms with Crippen LogP contribution in [0.25, 0.3) is 45.3 Å². The van der Waals surface area contributed by atoms with Crippen LogP contribution in [0.4, 0.5) is 0 Å². The molecule has 13 rings (SSSR count). The molecule has 0 radical (unpaired) electrons. The summed E-state index contributed by atoms with van der Waals surface area (Å²) >= 11 is 0. The first-order chi connectivity index (χ1) is 25.5. The molecular weight excluding hydrogens is 633 g/mol. The summed E-state index contributed by atoms with van der Waals surface area (Å²) < 4.78 is 0. The van der Waals surface area contributed by atoms with Gasteiger partial charge in [-0.25, -0.2) is 15.0 Å². The zero-order chi connectivity index (χ0) is 34.4. The van der Waals surface area contributed by atoms with Crippen LogP contribution in [-0.4, -0.2) is 15.0 Å². The first-order valence-electron chi connectivity index (χ1n) is 20.1. The number of benzene rings is 4. The average Bonchev–Trinajstić information content (AvgIpc) is 3.17. The lowest BCUT2D eigenvalue weighted by molar-refractivity contribution is -0.00820. The Morgan fingerprint density at radius 2 is 0.904 bits per heavy atom. The van der Waals surface area contributed by atoms with Crippen LogP contribution in [0, 0.1) is 46.8 Å². The van der Waals surface area contributed by atoms with Crippen LogP contribution in [0.3, 0.4) is 0 Å². The molecule has 0 saturated heterocycles. The summed E-state index contributed by atoms with van der Waals surface area (Å²) in [6.07, 6.45) is 16.9. The van der Waals surface area contributed by atoms with Gasteiger partial charge in [0.05, 0.1) is 11.6 Å². The van der Waals surface area contributed by atoms with E-state index in [0.29, 0.717) is 11.0 Å². The maximum atomic E-state index is 9.27. The molecule has 4 nitrogen and oxygen atoms in total. The molecule has 0 atom stereocenters. The van der Waals surface area contributed by atoms with Crippen LogP contribution in [0.5, 0.6) is 0 Å². The minimum Gasteiger partial charge on any atom is -0.208 e. The van der Waals surface area contributed by atoms with Crippen molar-refractivity contribution in [2.75, 3.05) is 0 Å². The fourth-order valence-corrected chi connectivity index (χ4v) is 13.3. The van der Waals surface area contributed by atoms with Crippen molar-refractivity contribution in [3.8, 4) is 51.4 Å². The van der Waals surface area contributed by atoms with Gasteiger partial charge < -0.3 is 0 Å². The highest BCUT2D eigenvalue weighted by Crippen LogP contribution is 2.64. The predicted octanol–water partition coefficient (Wildman–Crippen LogP) is 11.3. The van der Waals surface area contributed by atoms with Crippen LogP contribution in [0.2, 0.25) is 0 Å². The topological polar surface area (TPSA) is 62.5 Å². The fourth-order valence-electron chi connectivity index (χ4n) is 13.3. The van der Waals surface area contributed by atoms with E-state index in [1.165, 1.54) is 82.6 Å². The second-order valence-electron chi connectivity index (χ2n) is 18.1. The van der Waals surface area contributed by atoms with E-state index < -0.39 is 0 Å². The summed E-state index contributed by atoms with van der Waals surface area (Å²) in [7, 11) is 0. The maximum absolute atomic E-state index is 9.27. The van der Waals surface area contributed by atoms with E-state index in [0.717, 1.165) is 75.2 Å². The van der Waals surface area contributed by atoms with Gasteiger partial charge in [0.15, 0.2) is 17.5 Å².